The summed E-state index contributed by atoms with van der Waals surface area (Å²) in [7, 11) is -0.0583. The number of rotatable bonds is 4. The van der Waals surface area contributed by atoms with Crippen molar-refractivity contribution < 1.29 is 17.5 Å². The van der Waals surface area contributed by atoms with Crippen LogP contribution < -0.4 is 9.80 Å². The molecule has 3 heterocycles. The minimum Gasteiger partial charge on any atom is -0.379 e. The van der Waals surface area contributed by atoms with Gasteiger partial charge in [-0.3, -0.25) is 0 Å². The number of hydrogen-bond acceptors (Lipinski definition) is 7. The normalized spacial score (nSPS) is 20.8. The van der Waals surface area contributed by atoms with Gasteiger partial charge in [0.05, 0.1) is 19.4 Å². The van der Waals surface area contributed by atoms with Crippen LogP contribution in [0.3, 0.4) is 0 Å². The van der Waals surface area contributed by atoms with Gasteiger partial charge in [-0.2, -0.15) is 22.0 Å². The van der Waals surface area contributed by atoms with E-state index in [9.17, 15) is 12.8 Å². The van der Waals surface area contributed by atoms with E-state index in [0.717, 1.165) is 6.20 Å². The fraction of sp³-hybridized carbons (Fsp3) is 0.733. The van der Waals surface area contributed by atoms with Crippen molar-refractivity contribution in [2.24, 2.45) is 0 Å². The van der Waals surface area contributed by atoms with Gasteiger partial charge >= 0.3 is 0 Å². The molecule has 1 aromatic heterocycles. The molecule has 0 spiro atoms. The first kappa shape index (κ1) is 19.2. The molecule has 2 fully saturated rings. The molecule has 11 heteroatoms. The highest BCUT2D eigenvalue weighted by Gasteiger charge is 2.32. The maximum Gasteiger partial charge on any atom is 0.282 e. The molecule has 1 aromatic rings. The van der Waals surface area contributed by atoms with E-state index >= 15 is 0 Å². The average molecular weight is 388 g/mol. The molecule has 2 aliphatic rings. The topological polar surface area (TPSA) is 82.1 Å². The summed E-state index contributed by atoms with van der Waals surface area (Å²) < 4.78 is 47.7. The summed E-state index contributed by atoms with van der Waals surface area (Å²) in [6.45, 7) is 3.49. The minimum absolute atomic E-state index is 0.219. The van der Waals surface area contributed by atoms with Gasteiger partial charge in [-0.05, 0) is 6.42 Å². The van der Waals surface area contributed by atoms with Gasteiger partial charge < -0.3 is 14.5 Å². The second-order valence-corrected chi connectivity index (χ2v) is 8.42. The molecule has 26 heavy (non-hydrogen) atoms. The van der Waals surface area contributed by atoms with Crippen LogP contribution in [-0.4, -0.2) is 93.6 Å². The van der Waals surface area contributed by atoms with Gasteiger partial charge in [0.2, 0.25) is 5.95 Å². The number of morpholine rings is 1. The van der Waals surface area contributed by atoms with E-state index in [4.69, 9.17) is 4.74 Å². The molecular weight excluding hydrogens is 363 g/mol. The summed E-state index contributed by atoms with van der Waals surface area (Å²) in [6, 6.07) is 0. The molecule has 9 nitrogen and oxygen atoms in total. The maximum absolute atomic E-state index is 13.8. The standard InChI is InChI=1S/C15H25FN6O3S/c1-19(2)14-13(16)12-17-15(18-14)20-4-3-5-21(7-6-20)26(23,24)22-8-10-25-11-9-22/h12H,3-11H2,1-2H3. The van der Waals surface area contributed by atoms with Crippen molar-refractivity contribution >= 4 is 22.0 Å². The number of halogens is 1. The van der Waals surface area contributed by atoms with E-state index in [1.165, 1.54) is 8.61 Å². The van der Waals surface area contributed by atoms with E-state index in [1.807, 2.05) is 4.90 Å². The molecule has 0 unspecified atom stereocenters. The van der Waals surface area contributed by atoms with E-state index in [1.54, 1.807) is 19.0 Å². The van der Waals surface area contributed by atoms with Gasteiger partial charge in [0.25, 0.3) is 10.2 Å². The Morgan fingerprint density at radius 3 is 2.46 bits per heavy atom. The number of nitrogens with zero attached hydrogens (tertiary/aromatic N) is 6. The Morgan fingerprint density at radius 1 is 1.08 bits per heavy atom. The first-order valence-corrected chi connectivity index (χ1v) is 10.1. The molecule has 2 saturated heterocycles. The molecular formula is C15H25FN6O3S. The Morgan fingerprint density at radius 2 is 1.77 bits per heavy atom. The Hall–Kier alpha value is -1.56. The van der Waals surface area contributed by atoms with Crippen LogP contribution in [0, 0.1) is 5.82 Å². The van der Waals surface area contributed by atoms with Crippen molar-refractivity contribution in [2.45, 2.75) is 6.42 Å². The van der Waals surface area contributed by atoms with Gasteiger partial charge in [-0.25, -0.2) is 9.37 Å². The predicted octanol–water partition coefficient (Wildman–Crippen LogP) is -0.229. The van der Waals surface area contributed by atoms with Crippen LogP contribution in [0.2, 0.25) is 0 Å². The molecule has 3 rings (SSSR count). The quantitative estimate of drug-likeness (QED) is 0.705. The highest BCUT2D eigenvalue weighted by molar-refractivity contribution is 7.86. The summed E-state index contributed by atoms with van der Waals surface area (Å²) in [6.07, 6.45) is 1.81. The molecule has 2 aliphatic heterocycles. The first-order chi connectivity index (χ1) is 12.4. The van der Waals surface area contributed by atoms with E-state index in [-0.39, 0.29) is 5.82 Å². The second kappa shape index (κ2) is 7.99. The third-order valence-electron chi connectivity index (χ3n) is 4.50. The Labute approximate surface area is 153 Å². The Kier molecular flexibility index (Phi) is 5.90. The van der Waals surface area contributed by atoms with Crippen LogP contribution in [0.4, 0.5) is 16.2 Å². The van der Waals surface area contributed by atoms with E-state index in [0.29, 0.717) is 64.9 Å². The lowest BCUT2D eigenvalue weighted by atomic mass is 10.4. The van der Waals surface area contributed by atoms with Crippen LogP contribution in [0.1, 0.15) is 6.42 Å². The van der Waals surface area contributed by atoms with Crippen molar-refractivity contribution in [2.75, 3.05) is 76.4 Å². The van der Waals surface area contributed by atoms with Crippen LogP contribution in [-0.2, 0) is 14.9 Å². The Bertz CT molecular complexity index is 726. The molecule has 146 valence electrons. The van der Waals surface area contributed by atoms with Crippen LogP contribution in [0.25, 0.3) is 0 Å². The highest BCUT2D eigenvalue weighted by atomic mass is 32.2. The monoisotopic (exact) mass is 388 g/mol. The summed E-state index contributed by atoms with van der Waals surface area (Å²) in [4.78, 5) is 11.9. The molecule has 0 N–H and O–H groups in total. The molecule has 0 radical (unpaired) electrons. The van der Waals surface area contributed by atoms with Crippen molar-refractivity contribution in [3.8, 4) is 0 Å². The Balaban J connectivity index is 1.71. The molecule has 0 aromatic carbocycles. The molecule has 0 saturated carbocycles. The molecule has 0 atom stereocenters. The van der Waals surface area contributed by atoms with Gasteiger partial charge in [-0.15, -0.1) is 0 Å². The van der Waals surface area contributed by atoms with E-state index < -0.39 is 16.0 Å². The smallest absolute Gasteiger partial charge is 0.282 e. The van der Waals surface area contributed by atoms with E-state index in [2.05, 4.69) is 9.97 Å². The van der Waals surface area contributed by atoms with Crippen LogP contribution in [0.15, 0.2) is 6.20 Å². The maximum atomic E-state index is 13.8. The minimum atomic E-state index is -3.49. The first-order valence-electron chi connectivity index (χ1n) is 8.67. The van der Waals surface area contributed by atoms with Gasteiger partial charge in [0.1, 0.15) is 0 Å². The van der Waals surface area contributed by atoms with Gasteiger partial charge in [0, 0.05) is 53.4 Å². The van der Waals surface area contributed by atoms with Crippen molar-refractivity contribution in [3.05, 3.63) is 12.0 Å². The fourth-order valence-corrected chi connectivity index (χ4v) is 4.69. The zero-order valence-corrected chi connectivity index (χ0v) is 16.0. The van der Waals surface area contributed by atoms with Crippen LogP contribution in [0.5, 0.6) is 0 Å². The number of hydrogen-bond donors (Lipinski definition) is 0. The largest absolute Gasteiger partial charge is 0.379 e. The number of anilines is 2. The lowest BCUT2D eigenvalue weighted by Crippen LogP contribution is -2.49. The summed E-state index contributed by atoms with van der Waals surface area (Å²) in [5, 5.41) is 0. The van der Waals surface area contributed by atoms with Crippen molar-refractivity contribution in [1.29, 1.82) is 0 Å². The van der Waals surface area contributed by atoms with Gasteiger partial charge in [0.15, 0.2) is 11.6 Å². The summed E-state index contributed by atoms with van der Waals surface area (Å²) in [5.41, 5.74) is 0. The molecule has 0 bridgehead atoms. The predicted molar refractivity (Wildman–Crippen MR) is 96.0 cm³/mol. The van der Waals surface area contributed by atoms with Crippen molar-refractivity contribution in [1.82, 2.24) is 18.6 Å². The highest BCUT2D eigenvalue weighted by Crippen LogP contribution is 2.20. The average Bonchev–Trinajstić information content (AvgIpc) is 2.89. The van der Waals surface area contributed by atoms with Crippen LogP contribution >= 0.6 is 0 Å². The summed E-state index contributed by atoms with van der Waals surface area (Å²) >= 11 is 0. The number of ether oxygens (including phenoxy) is 1. The lowest BCUT2D eigenvalue weighted by Gasteiger charge is -2.31. The number of aromatic nitrogens is 2. The van der Waals surface area contributed by atoms with Crippen molar-refractivity contribution in [3.63, 3.8) is 0 Å². The van der Waals surface area contributed by atoms with Gasteiger partial charge in [-0.1, -0.05) is 0 Å². The third-order valence-corrected chi connectivity index (χ3v) is 6.53. The third kappa shape index (κ3) is 4.05. The fourth-order valence-electron chi connectivity index (χ4n) is 3.08. The summed E-state index contributed by atoms with van der Waals surface area (Å²) in [5.74, 6) is 0.155. The second-order valence-electron chi connectivity index (χ2n) is 6.49. The molecule has 0 aliphatic carbocycles. The molecule has 0 amide bonds. The lowest BCUT2D eigenvalue weighted by molar-refractivity contribution is 0.0703. The zero-order chi connectivity index (χ0) is 18.7. The zero-order valence-electron chi connectivity index (χ0n) is 15.1. The SMILES string of the molecule is CN(C)c1nc(N2CCCN(S(=O)(=O)N3CCOCC3)CC2)ncc1F.